The Morgan fingerprint density at radius 2 is 1.72 bits per heavy atom. The van der Waals surface area contributed by atoms with Crippen LogP contribution in [0.1, 0.15) is 120 Å². The summed E-state index contributed by atoms with van der Waals surface area (Å²) >= 11 is 0. The van der Waals surface area contributed by atoms with Gasteiger partial charge in [0.1, 0.15) is 5.78 Å². The van der Waals surface area contributed by atoms with Crippen LogP contribution in [0.25, 0.3) is 0 Å². The minimum absolute atomic E-state index is 0.199. The molecular formula is C33H58O2Si. The number of hydrogen-bond acceptors (Lipinski definition) is 2. The van der Waals surface area contributed by atoms with Crippen molar-refractivity contribution in [2.24, 2.45) is 46.3 Å². The van der Waals surface area contributed by atoms with Crippen LogP contribution in [0.3, 0.4) is 0 Å². The molecule has 3 saturated carbocycles. The van der Waals surface area contributed by atoms with Gasteiger partial charge < -0.3 is 4.43 Å². The molecule has 0 amide bonds. The Morgan fingerprint density at radius 1 is 1.03 bits per heavy atom. The first-order chi connectivity index (χ1) is 16.6. The Labute approximate surface area is 224 Å². The fourth-order valence-corrected chi connectivity index (χ4v) is 10.4. The number of hydrogen-bond donors (Lipinski definition) is 0. The number of fused-ring (bicyclic) bond motifs is 5. The zero-order valence-electron chi connectivity index (χ0n) is 25.5. The van der Waals surface area contributed by atoms with E-state index in [9.17, 15) is 4.79 Å². The number of Topliss-reactive ketones (excluding diaryl/α,β-unsaturated/α-hetero) is 1. The zero-order chi connectivity index (χ0) is 26.7. The molecule has 3 heteroatoms. The van der Waals surface area contributed by atoms with Crippen LogP contribution in [0.15, 0.2) is 11.6 Å². The molecule has 4 aliphatic rings. The summed E-state index contributed by atoms with van der Waals surface area (Å²) in [6.07, 6.45) is 14.9. The maximum absolute atomic E-state index is 12.6. The van der Waals surface area contributed by atoms with Crippen LogP contribution >= 0.6 is 0 Å². The Hall–Kier alpha value is -0.413. The summed E-state index contributed by atoms with van der Waals surface area (Å²) in [4.78, 5) is 12.6. The fraction of sp³-hybridized carbons (Fsp3) is 0.909. The van der Waals surface area contributed by atoms with E-state index in [4.69, 9.17) is 4.43 Å². The van der Waals surface area contributed by atoms with Gasteiger partial charge in [0.2, 0.25) is 0 Å². The average Bonchev–Trinajstić information content (AvgIpc) is 3.10. The second kappa shape index (κ2) is 9.96. The number of carbonyl (C=O) groups is 1. The number of carbonyl (C=O) groups excluding carboxylic acids is 1. The van der Waals surface area contributed by atoms with Crippen molar-refractivity contribution < 1.29 is 9.22 Å². The zero-order valence-corrected chi connectivity index (χ0v) is 26.5. The largest absolute Gasteiger partial charge is 0.410 e. The average molecular weight is 515 g/mol. The Morgan fingerprint density at radius 3 is 2.36 bits per heavy atom. The van der Waals surface area contributed by atoms with E-state index in [1.807, 2.05) is 0 Å². The third-order valence-electron chi connectivity index (χ3n) is 12.4. The van der Waals surface area contributed by atoms with E-state index in [-0.39, 0.29) is 16.6 Å². The van der Waals surface area contributed by atoms with Gasteiger partial charge >= 0.3 is 0 Å². The van der Waals surface area contributed by atoms with Crippen LogP contribution in [0.4, 0.5) is 0 Å². The molecule has 2 nitrogen and oxygen atoms in total. The predicted octanol–water partition coefficient (Wildman–Crippen LogP) is 9.60. The minimum atomic E-state index is -1.93. The summed E-state index contributed by atoms with van der Waals surface area (Å²) in [7, 11) is -1.93. The molecule has 0 radical (unpaired) electrons. The Balaban J connectivity index is 1.66. The first-order valence-electron chi connectivity index (χ1n) is 15.5. The van der Waals surface area contributed by atoms with Crippen LogP contribution in [-0.2, 0) is 9.22 Å². The lowest BCUT2D eigenvalue weighted by atomic mass is 9.46. The van der Waals surface area contributed by atoms with Crippen LogP contribution in [0.5, 0.6) is 0 Å². The minimum Gasteiger partial charge on any atom is -0.410 e. The molecule has 0 aromatic rings. The number of ketones is 1. The highest BCUT2D eigenvalue weighted by molar-refractivity contribution is 6.74. The lowest BCUT2D eigenvalue weighted by Crippen LogP contribution is -2.57. The van der Waals surface area contributed by atoms with Crippen molar-refractivity contribution in [3.63, 3.8) is 0 Å². The quantitative estimate of drug-likeness (QED) is 0.250. The molecule has 0 saturated heterocycles. The van der Waals surface area contributed by atoms with Gasteiger partial charge in [0.05, 0.1) is 6.10 Å². The van der Waals surface area contributed by atoms with Crippen molar-refractivity contribution in [3.8, 4) is 0 Å². The number of allylic oxidation sites excluding steroid dienone is 1. The summed E-state index contributed by atoms with van der Waals surface area (Å²) in [5.74, 6) is 5.00. The lowest BCUT2D eigenvalue weighted by Gasteiger charge is -2.60. The van der Waals surface area contributed by atoms with Gasteiger partial charge in [0, 0.05) is 12.8 Å². The van der Waals surface area contributed by atoms with Gasteiger partial charge in [-0.3, -0.25) is 4.79 Å². The van der Waals surface area contributed by atoms with E-state index >= 15 is 0 Å². The molecule has 0 aliphatic heterocycles. The molecule has 0 bridgehead atoms. The summed E-state index contributed by atoms with van der Waals surface area (Å²) in [6.45, 7) is 24.5. The SMILES string of the molecule is CC(C)CCC[C@@H](C)[C@H]1CC[C@H]2[C@@H]3C(O[Si](C)(C)C(C)(C)C)C=C4CC(=O)CC[C@]4(C)[C@H]3CC[C@]12C. The molecule has 36 heavy (non-hydrogen) atoms. The lowest BCUT2D eigenvalue weighted by molar-refractivity contribution is -0.124. The highest BCUT2D eigenvalue weighted by Gasteiger charge is 2.62. The van der Waals surface area contributed by atoms with E-state index in [1.54, 1.807) is 0 Å². The fourth-order valence-electron chi connectivity index (χ4n) is 9.09. The first kappa shape index (κ1) is 28.6. The second-order valence-electron chi connectivity index (χ2n) is 16.0. The maximum Gasteiger partial charge on any atom is 0.192 e. The molecule has 4 rings (SSSR count). The van der Waals surface area contributed by atoms with Gasteiger partial charge in [-0.25, -0.2) is 0 Å². The monoisotopic (exact) mass is 514 g/mol. The standard InChI is InChI=1S/C33H58O2Si/c1-22(2)12-11-13-23(3)26-14-15-27-30-28(17-19-33(26,27)8)32(7)18-16-25(34)20-24(32)21-29(30)35-36(9,10)31(4,5)6/h21-23,26-30H,11-20H2,1-10H3/t23-,26-,27+,28+,29?,30+,32+,33-/m1/s1. The number of rotatable bonds is 7. The third-order valence-corrected chi connectivity index (χ3v) is 16.9. The van der Waals surface area contributed by atoms with Gasteiger partial charge in [-0.15, -0.1) is 0 Å². The molecule has 0 spiro atoms. The van der Waals surface area contributed by atoms with E-state index in [1.165, 1.54) is 50.5 Å². The highest BCUT2D eigenvalue weighted by Crippen LogP contribution is 2.67. The van der Waals surface area contributed by atoms with Crippen LogP contribution in [0.2, 0.25) is 18.1 Å². The van der Waals surface area contributed by atoms with Gasteiger partial charge in [-0.1, -0.05) is 86.3 Å². The summed E-state index contributed by atoms with van der Waals surface area (Å²) < 4.78 is 7.33. The molecule has 4 aliphatic carbocycles. The molecule has 0 aromatic carbocycles. The molecule has 3 fully saturated rings. The molecule has 0 N–H and O–H groups in total. The van der Waals surface area contributed by atoms with Gasteiger partial charge in [-0.05, 0) is 96.6 Å². The van der Waals surface area contributed by atoms with Crippen molar-refractivity contribution in [3.05, 3.63) is 11.6 Å². The normalized spacial score (nSPS) is 39.9. The first-order valence-corrected chi connectivity index (χ1v) is 18.4. The van der Waals surface area contributed by atoms with Crippen molar-refractivity contribution in [1.82, 2.24) is 0 Å². The smallest absolute Gasteiger partial charge is 0.192 e. The van der Waals surface area contributed by atoms with Gasteiger partial charge in [0.25, 0.3) is 0 Å². The predicted molar refractivity (Wildman–Crippen MR) is 156 cm³/mol. The van der Waals surface area contributed by atoms with Crippen molar-refractivity contribution in [2.75, 3.05) is 0 Å². The van der Waals surface area contributed by atoms with Crippen molar-refractivity contribution in [1.29, 1.82) is 0 Å². The van der Waals surface area contributed by atoms with E-state index in [0.717, 1.165) is 36.5 Å². The molecule has 0 aromatic heterocycles. The van der Waals surface area contributed by atoms with Crippen LogP contribution in [-0.4, -0.2) is 20.2 Å². The van der Waals surface area contributed by atoms with E-state index in [0.29, 0.717) is 29.5 Å². The van der Waals surface area contributed by atoms with E-state index in [2.05, 4.69) is 74.6 Å². The Bertz CT molecular complexity index is 850. The third kappa shape index (κ3) is 4.98. The highest BCUT2D eigenvalue weighted by atomic mass is 28.4. The molecule has 1 unspecified atom stereocenters. The van der Waals surface area contributed by atoms with Gasteiger partial charge in [0.15, 0.2) is 8.32 Å². The van der Waals surface area contributed by atoms with Crippen LogP contribution < -0.4 is 0 Å². The van der Waals surface area contributed by atoms with Crippen molar-refractivity contribution >= 4 is 14.1 Å². The van der Waals surface area contributed by atoms with Crippen LogP contribution in [0, 0.1) is 46.3 Å². The molecular weight excluding hydrogens is 456 g/mol. The summed E-state index contributed by atoms with van der Waals surface area (Å²) in [6, 6.07) is 0. The summed E-state index contributed by atoms with van der Waals surface area (Å²) in [5, 5.41) is 0.200. The Kier molecular flexibility index (Phi) is 7.91. The van der Waals surface area contributed by atoms with Gasteiger partial charge in [-0.2, -0.15) is 0 Å². The maximum atomic E-state index is 12.6. The second-order valence-corrected chi connectivity index (χ2v) is 20.7. The summed E-state index contributed by atoms with van der Waals surface area (Å²) in [5.41, 5.74) is 2.08. The topological polar surface area (TPSA) is 26.3 Å². The molecule has 0 heterocycles. The molecule has 206 valence electrons. The van der Waals surface area contributed by atoms with Crippen molar-refractivity contribution in [2.45, 2.75) is 144 Å². The van der Waals surface area contributed by atoms with E-state index < -0.39 is 8.32 Å². The molecule has 8 atom stereocenters.